The van der Waals surface area contributed by atoms with Gasteiger partial charge in [0.25, 0.3) is 10.0 Å². The topological polar surface area (TPSA) is 70.6 Å². The van der Waals surface area contributed by atoms with Crippen LogP contribution in [0, 0.1) is 0 Å². The summed E-state index contributed by atoms with van der Waals surface area (Å²) in [7, 11) is -3.46. The number of para-hydroxylation sites is 1. The van der Waals surface area contributed by atoms with Gasteiger partial charge < -0.3 is 5.32 Å². The number of benzene rings is 1. The Morgan fingerprint density at radius 2 is 2.00 bits per heavy atom. The Labute approximate surface area is 100 Å². The summed E-state index contributed by atoms with van der Waals surface area (Å²) in [5, 5.41) is 3.01. The van der Waals surface area contributed by atoms with E-state index in [0.29, 0.717) is 11.6 Å². The monoisotopic (exact) mass is 251 g/mol. The van der Waals surface area contributed by atoms with Crippen LogP contribution < -0.4 is 10.0 Å². The van der Waals surface area contributed by atoms with Crippen LogP contribution in [-0.2, 0) is 10.0 Å². The number of sulfonamides is 1. The highest BCUT2D eigenvalue weighted by molar-refractivity contribution is 7.90. The average Bonchev–Trinajstić information content (AvgIpc) is 2.23. The van der Waals surface area contributed by atoms with E-state index in [1.807, 2.05) is 0 Å². The quantitative estimate of drug-likeness (QED) is 0.790. The molecule has 0 unspecified atom stereocenters. The summed E-state index contributed by atoms with van der Waals surface area (Å²) < 4.78 is 26.3. The molecule has 1 aromatic carbocycles. The van der Waals surface area contributed by atoms with Crippen LogP contribution in [0.4, 0.5) is 5.69 Å². The fraction of sp³-hybridized carbons (Fsp3) is 0.364. The zero-order valence-electron chi connectivity index (χ0n) is 9.18. The first-order valence-corrected chi connectivity index (χ1v) is 7.10. The van der Waals surface area contributed by atoms with Gasteiger partial charge in [0.05, 0.1) is 11.7 Å². The lowest BCUT2D eigenvalue weighted by Gasteiger charge is -2.26. The predicted molar refractivity (Wildman–Crippen MR) is 65.5 cm³/mol. The molecule has 1 heterocycles. The molecule has 0 amide bonds. The Morgan fingerprint density at radius 1 is 1.24 bits per heavy atom. The minimum Gasteiger partial charge on any atom is -0.324 e. The van der Waals surface area contributed by atoms with Gasteiger partial charge in [-0.05, 0) is 31.4 Å². The van der Waals surface area contributed by atoms with Crippen molar-refractivity contribution >= 4 is 21.7 Å². The Hall–Kier alpha value is -1.56. The molecule has 0 aromatic heterocycles. The van der Waals surface area contributed by atoms with Gasteiger partial charge in [0.15, 0.2) is 0 Å². The van der Waals surface area contributed by atoms with Crippen molar-refractivity contribution in [3.63, 3.8) is 0 Å². The zero-order valence-corrected chi connectivity index (χ0v) is 10.00. The maximum absolute atomic E-state index is 11.9. The lowest BCUT2D eigenvalue weighted by atomic mass is 9.94. The van der Waals surface area contributed by atoms with E-state index in [4.69, 9.17) is 0 Å². The van der Waals surface area contributed by atoms with Gasteiger partial charge in [-0.25, -0.2) is 18.1 Å². The first kappa shape index (κ1) is 10.6. The number of anilines is 1. The third-order valence-electron chi connectivity index (χ3n) is 3.05. The van der Waals surface area contributed by atoms with Gasteiger partial charge in [-0.1, -0.05) is 12.1 Å². The molecule has 1 aromatic rings. The molecular formula is C11H13N3O2S. The third kappa shape index (κ3) is 1.88. The molecule has 2 aliphatic rings. The largest absolute Gasteiger partial charge is 0.324 e. The van der Waals surface area contributed by atoms with E-state index in [-0.39, 0.29) is 10.9 Å². The Kier molecular flexibility index (Phi) is 2.32. The molecule has 3 rings (SSSR count). The first-order valence-electron chi connectivity index (χ1n) is 5.62. The van der Waals surface area contributed by atoms with Crippen LogP contribution in [0.1, 0.15) is 19.3 Å². The molecule has 5 nitrogen and oxygen atoms in total. The number of hydrogen-bond donors (Lipinski definition) is 2. The number of aliphatic imine (C=N–C) groups is 1. The minimum atomic E-state index is -3.46. The van der Waals surface area contributed by atoms with Crippen molar-refractivity contribution in [2.45, 2.75) is 30.2 Å². The number of guanidine groups is 1. The maximum atomic E-state index is 11.9. The van der Waals surface area contributed by atoms with Crippen molar-refractivity contribution < 1.29 is 8.42 Å². The molecule has 0 bridgehead atoms. The molecule has 1 aliphatic carbocycles. The van der Waals surface area contributed by atoms with E-state index in [1.165, 1.54) is 6.42 Å². The molecule has 0 saturated heterocycles. The molecule has 1 aliphatic heterocycles. The first-order chi connectivity index (χ1) is 8.15. The van der Waals surface area contributed by atoms with E-state index in [2.05, 4.69) is 15.0 Å². The number of nitrogens with one attached hydrogen (secondary N) is 2. The van der Waals surface area contributed by atoms with E-state index < -0.39 is 10.0 Å². The molecular weight excluding hydrogens is 238 g/mol. The molecule has 0 spiro atoms. The SMILES string of the molecule is O=S1(=O)NC(=NC2CCC2)Nc2ccccc21. The van der Waals surface area contributed by atoms with Crippen molar-refractivity contribution in [3.05, 3.63) is 24.3 Å². The lowest BCUT2D eigenvalue weighted by Crippen LogP contribution is -2.41. The molecule has 2 N–H and O–H groups in total. The Morgan fingerprint density at radius 3 is 2.71 bits per heavy atom. The highest BCUT2D eigenvalue weighted by Gasteiger charge is 2.27. The smallest absolute Gasteiger partial charge is 0.266 e. The van der Waals surface area contributed by atoms with E-state index >= 15 is 0 Å². The summed E-state index contributed by atoms with van der Waals surface area (Å²) in [5.41, 5.74) is 0.587. The third-order valence-corrected chi connectivity index (χ3v) is 4.44. The molecule has 1 fully saturated rings. The number of rotatable bonds is 1. The van der Waals surface area contributed by atoms with Crippen molar-refractivity contribution in [2.24, 2.45) is 4.99 Å². The second-order valence-corrected chi connectivity index (χ2v) is 5.94. The fourth-order valence-corrected chi connectivity index (χ4v) is 3.03. The summed E-state index contributed by atoms with van der Waals surface area (Å²) in [6.45, 7) is 0. The van der Waals surface area contributed by atoms with Gasteiger partial charge >= 0.3 is 0 Å². The van der Waals surface area contributed by atoms with Crippen molar-refractivity contribution in [1.29, 1.82) is 0 Å². The summed E-state index contributed by atoms with van der Waals surface area (Å²) >= 11 is 0. The molecule has 90 valence electrons. The Balaban J connectivity index is 1.98. The van der Waals surface area contributed by atoms with Crippen molar-refractivity contribution in [3.8, 4) is 0 Å². The fourth-order valence-electron chi connectivity index (χ4n) is 1.90. The summed E-state index contributed by atoms with van der Waals surface area (Å²) in [6.07, 6.45) is 3.24. The van der Waals surface area contributed by atoms with Gasteiger partial charge in [0.2, 0.25) is 5.96 Å². The molecule has 1 saturated carbocycles. The van der Waals surface area contributed by atoms with Gasteiger partial charge in [-0.2, -0.15) is 0 Å². The second kappa shape index (κ2) is 3.73. The number of nitrogens with zero attached hydrogens (tertiary/aromatic N) is 1. The number of fused-ring (bicyclic) bond motifs is 1. The lowest BCUT2D eigenvalue weighted by molar-refractivity contribution is 0.419. The summed E-state index contributed by atoms with van der Waals surface area (Å²) in [4.78, 5) is 4.62. The average molecular weight is 251 g/mol. The summed E-state index contributed by atoms with van der Waals surface area (Å²) in [6, 6.07) is 7.07. The van der Waals surface area contributed by atoms with Gasteiger partial charge in [-0.3, -0.25) is 0 Å². The van der Waals surface area contributed by atoms with E-state index in [0.717, 1.165) is 12.8 Å². The highest BCUT2D eigenvalue weighted by atomic mass is 32.2. The van der Waals surface area contributed by atoms with E-state index in [9.17, 15) is 8.42 Å². The van der Waals surface area contributed by atoms with Gasteiger partial charge in [-0.15, -0.1) is 0 Å². The zero-order chi connectivity index (χ0) is 11.9. The van der Waals surface area contributed by atoms with E-state index in [1.54, 1.807) is 24.3 Å². The second-order valence-electron chi connectivity index (χ2n) is 4.29. The van der Waals surface area contributed by atoms with Crippen LogP contribution in [0.5, 0.6) is 0 Å². The van der Waals surface area contributed by atoms with Crippen LogP contribution in [-0.4, -0.2) is 20.4 Å². The van der Waals surface area contributed by atoms with Gasteiger partial charge in [0, 0.05) is 0 Å². The van der Waals surface area contributed by atoms with Crippen LogP contribution in [0.3, 0.4) is 0 Å². The van der Waals surface area contributed by atoms with Crippen molar-refractivity contribution in [2.75, 3.05) is 5.32 Å². The van der Waals surface area contributed by atoms with Crippen LogP contribution in [0.25, 0.3) is 0 Å². The van der Waals surface area contributed by atoms with Crippen LogP contribution in [0.15, 0.2) is 34.2 Å². The minimum absolute atomic E-state index is 0.255. The molecule has 17 heavy (non-hydrogen) atoms. The molecule has 6 heteroatoms. The highest BCUT2D eigenvalue weighted by Crippen LogP contribution is 2.26. The van der Waals surface area contributed by atoms with Crippen LogP contribution in [0.2, 0.25) is 0 Å². The Bertz CT molecular complexity index is 576. The maximum Gasteiger partial charge on any atom is 0.266 e. The van der Waals surface area contributed by atoms with Crippen LogP contribution >= 0.6 is 0 Å². The standard InChI is InChI=1S/C11H13N3O2S/c15-17(16)10-7-2-1-6-9(10)13-11(14-17)12-8-4-3-5-8/h1-2,6-8H,3-5H2,(H2,12,13,14). The predicted octanol–water partition coefficient (Wildman–Crippen LogP) is 1.30. The molecule has 0 radical (unpaired) electrons. The normalized spacial score (nSPS) is 24.4. The van der Waals surface area contributed by atoms with Crippen molar-refractivity contribution in [1.82, 2.24) is 4.72 Å². The summed E-state index contributed by atoms with van der Waals surface area (Å²) in [5.74, 6) is 0.341. The number of hydrogen-bond acceptors (Lipinski definition) is 3. The molecule has 0 atom stereocenters. The van der Waals surface area contributed by atoms with Gasteiger partial charge in [0.1, 0.15) is 4.90 Å².